The van der Waals surface area contributed by atoms with Gasteiger partial charge in [-0.1, -0.05) is 11.6 Å². The fourth-order valence-corrected chi connectivity index (χ4v) is 2.00. The van der Waals surface area contributed by atoms with Gasteiger partial charge in [-0.05, 0) is 19.1 Å². The summed E-state index contributed by atoms with van der Waals surface area (Å²) in [5, 5.41) is 10.3. The Hall–Kier alpha value is -1.53. The van der Waals surface area contributed by atoms with Gasteiger partial charge in [0.25, 0.3) is 5.91 Å². The normalized spacial score (nSPS) is 10.2. The molecule has 2 rings (SSSR count). The van der Waals surface area contributed by atoms with E-state index in [1.54, 1.807) is 5.51 Å². The number of hydrogen-bond acceptors (Lipinski definition) is 5. The van der Waals surface area contributed by atoms with E-state index in [1.165, 1.54) is 23.5 Å². The van der Waals surface area contributed by atoms with Gasteiger partial charge in [-0.25, -0.2) is 4.98 Å². The number of thiazole rings is 1. The number of rotatable bonds is 3. The lowest BCUT2D eigenvalue weighted by Gasteiger charge is -2.02. The summed E-state index contributed by atoms with van der Waals surface area (Å²) in [5.41, 5.74) is 2.92. The molecule has 0 saturated heterocycles. The van der Waals surface area contributed by atoms with Crippen molar-refractivity contribution in [2.24, 2.45) is 0 Å². The Morgan fingerprint density at radius 2 is 2.29 bits per heavy atom. The Morgan fingerprint density at radius 3 is 2.88 bits per heavy atom. The molecule has 88 valence electrons. The third-order valence-corrected chi connectivity index (χ3v) is 3.26. The molecule has 2 heterocycles. The van der Waals surface area contributed by atoms with Crippen molar-refractivity contribution in [1.82, 2.24) is 20.5 Å². The first-order valence-corrected chi connectivity index (χ1v) is 6.09. The third-order valence-electron chi connectivity index (χ3n) is 2.12. The second-order valence-corrected chi connectivity index (χ2v) is 4.61. The minimum atomic E-state index is -0.276. The Labute approximate surface area is 107 Å². The molecule has 0 saturated carbocycles. The molecule has 0 fully saturated rings. The van der Waals surface area contributed by atoms with Crippen LogP contribution in [0.2, 0.25) is 5.15 Å². The molecule has 1 N–H and O–H groups in total. The van der Waals surface area contributed by atoms with E-state index in [0.29, 0.717) is 6.54 Å². The van der Waals surface area contributed by atoms with Crippen molar-refractivity contribution in [2.75, 3.05) is 0 Å². The minimum absolute atomic E-state index is 0.247. The van der Waals surface area contributed by atoms with Crippen molar-refractivity contribution < 1.29 is 4.79 Å². The van der Waals surface area contributed by atoms with E-state index in [4.69, 9.17) is 11.6 Å². The van der Waals surface area contributed by atoms with Crippen LogP contribution in [0.25, 0.3) is 0 Å². The second kappa shape index (κ2) is 5.20. The predicted octanol–water partition coefficient (Wildman–Crippen LogP) is 1.82. The molecule has 2 aromatic heterocycles. The number of halogens is 1. The van der Waals surface area contributed by atoms with Gasteiger partial charge in [0.1, 0.15) is 0 Å². The number of nitrogens with one attached hydrogen (secondary N) is 1. The highest BCUT2D eigenvalue weighted by Crippen LogP contribution is 2.11. The van der Waals surface area contributed by atoms with Gasteiger partial charge in [0.15, 0.2) is 10.8 Å². The molecule has 17 heavy (non-hydrogen) atoms. The summed E-state index contributed by atoms with van der Waals surface area (Å²) in [6.45, 7) is 2.35. The van der Waals surface area contributed by atoms with Crippen molar-refractivity contribution in [1.29, 1.82) is 0 Å². The number of carbonyl (C=O) groups is 1. The maximum atomic E-state index is 11.7. The summed E-state index contributed by atoms with van der Waals surface area (Å²) in [4.78, 5) is 16.8. The fraction of sp³-hybridized carbons (Fsp3) is 0.200. The number of hydrogen-bond donors (Lipinski definition) is 1. The lowest BCUT2D eigenvalue weighted by atomic mass is 10.3. The van der Waals surface area contributed by atoms with Gasteiger partial charge in [-0.15, -0.1) is 21.5 Å². The number of amides is 1. The zero-order valence-electron chi connectivity index (χ0n) is 8.98. The zero-order valence-corrected chi connectivity index (χ0v) is 10.5. The molecule has 1 amide bonds. The van der Waals surface area contributed by atoms with E-state index in [-0.39, 0.29) is 16.8 Å². The molecule has 0 atom stereocenters. The van der Waals surface area contributed by atoms with Crippen molar-refractivity contribution in [3.05, 3.63) is 39.1 Å². The topological polar surface area (TPSA) is 67.8 Å². The summed E-state index contributed by atoms with van der Waals surface area (Å²) >= 11 is 7.09. The minimum Gasteiger partial charge on any atom is -0.346 e. The molecule has 0 unspecified atom stereocenters. The lowest BCUT2D eigenvalue weighted by molar-refractivity contribution is 0.0945. The third kappa shape index (κ3) is 2.98. The van der Waals surface area contributed by atoms with Gasteiger partial charge < -0.3 is 5.32 Å². The molecule has 0 bridgehead atoms. The highest BCUT2D eigenvalue weighted by molar-refractivity contribution is 7.09. The lowest BCUT2D eigenvalue weighted by Crippen LogP contribution is -2.23. The van der Waals surface area contributed by atoms with Gasteiger partial charge in [-0.3, -0.25) is 4.79 Å². The van der Waals surface area contributed by atoms with Crippen LogP contribution in [-0.4, -0.2) is 21.1 Å². The standard InChI is InChI=1S/C10H9ClN4OS/c1-6-8(17-5-13-6)4-12-10(16)7-2-3-9(11)15-14-7/h2-3,5H,4H2,1H3,(H,12,16). The van der Waals surface area contributed by atoms with E-state index in [2.05, 4.69) is 20.5 Å². The van der Waals surface area contributed by atoms with Crippen LogP contribution in [0.15, 0.2) is 17.6 Å². The summed E-state index contributed by atoms with van der Waals surface area (Å²) < 4.78 is 0. The molecule has 5 nitrogen and oxygen atoms in total. The highest BCUT2D eigenvalue weighted by atomic mass is 35.5. The van der Waals surface area contributed by atoms with Gasteiger partial charge in [0, 0.05) is 4.88 Å². The van der Waals surface area contributed by atoms with Crippen LogP contribution in [0.3, 0.4) is 0 Å². The van der Waals surface area contributed by atoms with Crippen LogP contribution in [0.4, 0.5) is 0 Å². The summed E-state index contributed by atoms with van der Waals surface area (Å²) in [6.07, 6.45) is 0. The molecule has 0 radical (unpaired) electrons. The Balaban J connectivity index is 1.98. The second-order valence-electron chi connectivity index (χ2n) is 3.28. The number of aromatic nitrogens is 3. The summed E-state index contributed by atoms with van der Waals surface area (Å²) in [5.74, 6) is -0.276. The summed E-state index contributed by atoms with van der Waals surface area (Å²) in [6, 6.07) is 3.06. The quantitative estimate of drug-likeness (QED) is 0.922. The van der Waals surface area contributed by atoms with Crippen LogP contribution in [-0.2, 0) is 6.54 Å². The van der Waals surface area contributed by atoms with Crippen molar-refractivity contribution >= 4 is 28.8 Å². The molecule has 0 aromatic carbocycles. The van der Waals surface area contributed by atoms with Crippen LogP contribution < -0.4 is 5.32 Å². The highest BCUT2D eigenvalue weighted by Gasteiger charge is 2.09. The number of nitrogens with zero attached hydrogens (tertiary/aromatic N) is 3. The molecule has 0 aliphatic heterocycles. The van der Waals surface area contributed by atoms with Gasteiger partial charge >= 0.3 is 0 Å². The van der Waals surface area contributed by atoms with Crippen LogP contribution in [0.5, 0.6) is 0 Å². The van der Waals surface area contributed by atoms with Gasteiger partial charge in [0.2, 0.25) is 0 Å². The molecular weight excluding hydrogens is 260 g/mol. The predicted molar refractivity (Wildman–Crippen MR) is 65.1 cm³/mol. The molecular formula is C10H9ClN4OS. The zero-order chi connectivity index (χ0) is 12.3. The summed E-state index contributed by atoms with van der Waals surface area (Å²) in [7, 11) is 0. The smallest absolute Gasteiger partial charge is 0.272 e. The van der Waals surface area contributed by atoms with Crippen LogP contribution in [0, 0.1) is 6.92 Å². The Morgan fingerprint density at radius 1 is 1.47 bits per heavy atom. The largest absolute Gasteiger partial charge is 0.346 e. The Bertz CT molecular complexity index is 525. The van der Waals surface area contributed by atoms with E-state index in [0.717, 1.165) is 10.6 Å². The van der Waals surface area contributed by atoms with Crippen LogP contribution >= 0.6 is 22.9 Å². The first-order valence-electron chi connectivity index (χ1n) is 4.83. The molecule has 7 heteroatoms. The average Bonchev–Trinajstić information content (AvgIpc) is 2.73. The fourth-order valence-electron chi connectivity index (χ4n) is 1.18. The van der Waals surface area contributed by atoms with Gasteiger partial charge in [0.05, 0.1) is 17.7 Å². The van der Waals surface area contributed by atoms with E-state index < -0.39 is 0 Å². The molecule has 2 aromatic rings. The van der Waals surface area contributed by atoms with Gasteiger partial charge in [-0.2, -0.15) is 0 Å². The average molecular weight is 269 g/mol. The first-order chi connectivity index (χ1) is 8.16. The molecule has 0 aliphatic rings. The van der Waals surface area contributed by atoms with E-state index in [9.17, 15) is 4.79 Å². The van der Waals surface area contributed by atoms with Crippen molar-refractivity contribution in [3.63, 3.8) is 0 Å². The number of aryl methyl sites for hydroxylation is 1. The van der Waals surface area contributed by atoms with E-state index in [1.807, 2.05) is 6.92 Å². The maximum absolute atomic E-state index is 11.7. The van der Waals surface area contributed by atoms with Crippen LogP contribution in [0.1, 0.15) is 21.1 Å². The maximum Gasteiger partial charge on any atom is 0.272 e. The molecule has 0 spiro atoms. The van der Waals surface area contributed by atoms with Crippen molar-refractivity contribution in [2.45, 2.75) is 13.5 Å². The molecule has 0 aliphatic carbocycles. The first kappa shape index (κ1) is 11.9. The van der Waals surface area contributed by atoms with E-state index >= 15 is 0 Å². The Kier molecular flexibility index (Phi) is 3.65. The SMILES string of the molecule is Cc1ncsc1CNC(=O)c1ccc(Cl)nn1. The van der Waals surface area contributed by atoms with Crippen molar-refractivity contribution in [3.8, 4) is 0 Å². The number of carbonyl (C=O) groups excluding carboxylic acids is 1. The monoisotopic (exact) mass is 268 g/mol.